The predicted octanol–water partition coefficient (Wildman–Crippen LogP) is 4.15. The minimum absolute atomic E-state index is 0.0614. The molecule has 21 heavy (non-hydrogen) atoms. The van der Waals surface area contributed by atoms with Gasteiger partial charge in [0.15, 0.2) is 0 Å². The van der Waals surface area contributed by atoms with Gasteiger partial charge in [-0.15, -0.1) is 0 Å². The van der Waals surface area contributed by atoms with Gasteiger partial charge in [0.1, 0.15) is 5.72 Å². The molecule has 0 bridgehead atoms. The smallest absolute Gasteiger partial charge is 0.324 e. The van der Waals surface area contributed by atoms with Gasteiger partial charge in [-0.1, -0.05) is 32.9 Å². The molecule has 1 aliphatic heterocycles. The van der Waals surface area contributed by atoms with E-state index in [0.717, 1.165) is 30.5 Å². The number of benzene rings is 1. The lowest BCUT2D eigenvalue weighted by Crippen LogP contribution is -2.52. The van der Waals surface area contributed by atoms with E-state index in [1.807, 2.05) is 36.1 Å². The summed E-state index contributed by atoms with van der Waals surface area (Å²) in [6, 6.07) is 7.96. The molecule has 1 heterocycles. The average Bonchev–Trinajstić information content (AvgIpc) is 2.86. The SMILES string of the molecule is CCC1COC(CC)(CC)N1C(=O)Nc1cccc(C)c1. The highest BCUT2D eigenvalue weighted by molar-refractivity contribution is 5.90. The highest BCUT2D eigenvalue weighted by Crippen LogP contribution is 2.35. The van der Waals surface area contributed by atoms with Crippen LogP contribution in [0.4, 0.5) is 10.5 Å². The second-order valence-corrected chi connectivity index (χ2v) is 5.70. The number of amides is 2. The first-order valence-electron chi connectivity index (χ1n) is 7.87. The van der Waals surface area contributed by atoms with Crippen LogP contribution in [0.2, 0.25) is 0 Å². The molecule has 116 valence electrons. The van der Waals surface area contributed by atoms with Gasteiger partial charge in [0.2, 0.25) is 0 Å². The van der Waals surface area contributed by atoms with Crippen molar-refractivity contribution >= 4 is 11.7 Å². The zero-order chi connectivity index (χ0) is 15.5. The van der Waals surface area contributed by atoms with Gasteiger partial charge in [0.25, 0.3) is 0 Å². The number of aryl methyl sites for hydroxylation is 1. The fourth-order valence-corrected chi connectivity index (χ4v) is 3.08. The first-order valence-corrected chi connectivity index (χ1v) is 7.87. The Morgan fingerprint density at radius 2 is 2.10 bits per heavy atom. The van der Waals surface area contributed by atoms with Gasteiger partial charge in [0, 0.05) is 5.69 Å². The molecule has 2 rings (SSSR count). The number of urea groups is 1. The molecule has 1 aromatic rings. The summed E-state index contributed by atoms with van der Waals surface area (Å²) in [4.78, 5) is 14.7. The molecule has 0 aliphatic carbocycles. The Bertz CT molecular complexity index is 497. The summed E-state index contributed by atoms with van der Waals surface area (Å²) >= 11 is 0. The summed E-state index contributed by atoms with van der Waals surface area (Å²) in [6.07, 6.45) is 2.52. The molecule has 1 saturated heterocycles. The van der Waals surface area contributed by atoms with E-state index in [0.29, 0.717) is 6.61 Å². The average molecular weight is 290 g/mol. The molecule has 0 aromatic heterocycles. The summed E-state index contributed by atoms with van der Waals surface area (Å²) in [5.41, 5.74) is 1.51. The second-order valence-electron chi connectivity index (χ2n) is 5.70. The van der Waals surface area contributed by atoms with Gasteiger partial charge < -0.3 is 10.1 Å². The van der Waals surface area contributed by atoms with E-state index >= 15 is 0 Å². The molecule has 2 amide bonds. The van der Waals surface area contributed by atoms with Crippen molar-refractivity contribution in [3.8, 4) is 0 Å². The van der Waals surface area contributed by atoms with Crippen LogP contribution in [0.3, 0.4) is 0 Å². The molecular weight excluding hydrogens is 264 g/mol. The van der Waals surface area contributed by atoms with Gasteiger partial charge in [-0.2, -0.15) is 0 Å². The van der Waals surface area contributed by atoms with Gasteiger partial charge in [0.05, 0.1) is 12.6 Å². The van der Waals surface area contributed by atoms with E-state index in [2.05, 4.69) is 26.1 Å². The van der Waals surface area contributed by atoms with Crippen molar-refractivity contribution in [1.82, 2.24) is 4.90 Å². The van der Waals surface area contributed by atoms with Crippen LogP contribution < -0.4 is 5.32 Å². The Kier molecular flexibility index (Phi) is 4.88. The number of nitrogens with one attached hydrogen (secondary N) is 1. The zero-order valence-corrected chi connectivity index (χ0v) is 13.5. The molecule has 1 unspecified atom stereocenters. The third-order valence-electron chi connectivity index (χ3n) is 4.41. The van der Waals surface area contributed by atoms with Crippen LogP contribution in [-0.4, -0.2) is 29.3 Å². The Labute approximate surface area is 127 Å². The molecule has 1 aromatic carbocycles. The third kappa shape index (κ3) is 3.05. The van der Waals surface area contributed by atoms with Crippen LogP contribution in [0.15, 0.2) is 24.3 Å². The topological polar surface area (TPSA) is 41.6 Å². The summed E-state index contributed by atoms with van der Waals surface area (Å²) in [6.45, 7) is 8.90. The molecule has 4 nitrogen and oxygen atoms in total. The van der Waals surface area contributed by atoms with Gasteiger partial charge in [-0.3, -0.25) is 4.90 Å². The maximum Gasteiger partial charge on any atom is 0.324 e. The van der Waals surface area contributed by atoms with Crippen molar-refractivity contribution < 1.29 is 9.53 Å². The second kappa shape index (κ2) is 6.48. The lowest BCUT2D eigenvalue weighted by molar-refractivity contribution is -0.0684. The van der Waals surface area contributed by atoms with Crippen molar-refractivity contribution in [1.29, 1.82) is 0 Å². The number of ether oxygens (including phenoxy) is 1. The lowest BCUT2D eigenvalue weighted by atomic mass is 10.0. The summed E-state index contributed by atoms with van der Waals surface area (Å²) < 4.78 is 6.00. The van der Waals surface area contributed by atoms with Crippen LogP contribution >= 0.6 is 0 Å². The fraction of sp³-hybridized carbons (Fsp3) is 0.588. The normalized spacial score (nSPS) is 20.6. The molecule has 1 fully saturated rings. The van der Waals surface area contributed by atoms with Crippen molar-refractivity contribution in [3.63, 3.8) is 0 Å². The summed E-state index contributed by atoms with van der Waals surface area (Å²) in [7, 11) is 0. The van der Waals surface area contributed by atoms with Crippen molar-refractivity contribution in [3.05, 3.63) is 29.8 Å². The van der Waals surface area contributed by atoms with Crippen LogP contribution in [0.25, 0.3) is 0 Å². The minimum atomic E-state index is -0.464. The predicted molar refractivity (Wildman–Crippen MR) is 85.4 cm³/mol. The lowest BCUT2D eigenvalue weighted by Gasteiger charge is -2.38. The van der Waals surface area contributed by atoms with Crippen LogP contribution in [0, 0.1) is 6.92 Å². The summed E-state index contributed by atoms with van der Waals surface area (Å²) in [5.74, 6) is 0. The molecule has 1 aliphatic rings. The Balaban J connectivity index is 2.21. The number of hydrogen-bond acceptors (Lipinski definition) is 2. The molecular formula is C17H26N2O2. The molecule has 0 radical (unpaired) electrons. The molecule has 0 spiro atoms. The molecule has 1 atom stereocenters. The summed E-state index contributed by atoms with van der Waals surface area (Å²) in [5, 5.41) is 3.02. The van der Waals surface area contributed by atoms with E-state index in [4.69, 9.17) is 4.74 Å². The van der Waals surface area contributed by atoms with Crippen LogP contribution in [0.1, 0.15) is 45.6 Å². The highest BCUT2D eigenvalue weighted by Gasteiger charge is 2.47. The van der Waals surface area contributed by atoms with E-state index in [9.17, 15) is 4.79 Å². The van der Waals surface area contributed by atoms with E-state index in [-0.39, 0.29) is 12.1 Å². The Morgan fingerprint density at radius 1 is 1.38 bits per heavy atom. The number of anilines is 1. The van der Waals surface area contributed by atoms with Gasteiger partial charge >= 0.3 is 6.03 Å². The number of hydrogen-bond donors (Lipinski definition) is 1. The number of carbonyl (C=O) groups is 1. The number of rotatable bonds is 4. The van der Waals surface area contributed by atoms with Crippen LogP contribution in [-0.2, 0) is 4.74 Å². The first kappa shape index (κ1) is 15.8. The quantitative estimate of drug-likeness (QED) is 0.905. The van der Waals surface area contributed by atoms with Crippen molar-refractivity contribution in [2.45, 2.75) is 58.7 Å². The van der Waals surface area contributed by atoms with Crippen molar-refractivity contribution in [2.24, 2.45) is 0 Å². The maximum atomic E-state index is 12.8. The standard InChI is InChI=1S/C17H26N2O2/c1-5-15-12-21-17(6-2,7-3)19(15)16(20)18-14-10-8-9-13(4)11-14/h8-11,15H,5-7,12H2,1-4H3,(H,18,20). The van der Waals surface area contributed by atoms with E-state index in [1.165, 1.54) is 0 Å². The van der Waals surface area contributed by atoms with Gasteiger partial charge in [-0.25, -0.2) is 4.79 Å². The monoisotopic (exact) mass is 290 g/mol. The highest BCUT2D eigenvalue weighted by atomic mass is 16.5. The molecule has 1 N–H and O–H groups in total. The van der Waals surface area contributed by atoms with Crippen LogP contribution in [0.5, 0.6) is 0 Å². The molecule has 4 heteroatoms. The fourth-order valence-electron chi connectivity index (χ4n) is 3.08. The zero-order valence-electron chi connectivity index (χ0n) is 13.5. The van der Waals surface area contributed by atoms with Crippen molar-refractivity contribution in [2.75, 3.05) is 11.9 Å². The first-order chi connectivity index (χ1) is 10.1. The van der Waals surface area contributed by atoms with E-state index in [1.54, 1.807) is 0 Å². The largest absolute Gasteiger partial charge is 0.353 e. The minimum Gasteiger partial charge on any atom is -0.353 e. The Hall–Kier alpha value is -1.55. The van der Waals surface area contributed by atoms with Gasteiger partial charge in [-0.05, 0) is 43.9 Å². The number of nitrogens with zero attached hydrogens (tertiary/aromatic N) is 1. The van der Waals surface area contributed by atoms with E-state index < -0.39 is 5.72 Å². The molecule has 0 saturated carbocycles. The number of carbonyl (C=O) groups excluding carboxylic acids is 1. The Morgan fingerprint density at radius 3 is 2.67 bits per heavy atom. The third-order valence-corrected chi connectivity index (χ3v) is 4.41. The maximum absolute atomic E-state index is 12.8.